The number of carbonyl (C=O) groups is 2. The highest BCUT2D eigenvalue weighted by Gasteiger charge is 2.29. The van der Waals surface area contributed by atoms with Crippen LogP contribution in [-0.4, -0.2) is 45.2 Å². The molecule has 7 nitrogen and oxygen atoms in total. The minimum absolute atomic E-state index is 0.233. The summed E-state index contributed by atoms with van der Waals surface area (Å²) in [6.07, 6.45) is 2.84. The number of nitrogens with one attached hydrogen (secondary N) is 1. The first-order chi connectivity index (χ1) is 10.1. The van der Waals surface area contributed by atoms with Gasteiger partial charge in [-0.15, -0.1) is 0 Å². The topological polar surface area (TPSA) is 99.4 Å². The molecule has 1 atom stereocenters. The number of hydrogen-bond donors (Lipinski definition) is 2. The molecule has 1 unspecified atom stereocenters. The number of piperidine rings is 1. The van der Waals surface area contributed by atoms with Gasteiger partial charge in [0.15, 0.2) is 11.5 Å². The third-order valence-electron chi connectivity index (χ3n) is 3.64. The standard InChI is InChI=1S/C14H15N3O4/c18-13(17-5-1-3-9(8-17)14(19)20)11-7-10(15-16-11)12-4-2-6-21-12/h2,4,6-7,9H,1,3,5,8H2,(H,15,16)(H,19,20). The first-order valence-electron chi connectivity index (χ1n) is 6.76. The summed E-state index contributed by atoms with van der Waals surface area (Å²) in [5.41, 5.74) is 0.891. The zero-order valence-corrected chi connectivity index (χ0v) is 11.3. The first-order valence-corrected chi connectivity index (χ1v) is 6.76. The van der Waals surface area contributed by atoms with Crippen LogP contribution in [0.4, 0.5) is 0 Å². The molecule has 0 aromatic carbocycles. The van der Waals surface area contributed by atoms with Crippen LogP contribution in [0.25, 0.3) is 11.5 Å². The van der Waals surface area contributed by atoms with E-state index >= 15 is 0 Å². The van der Waals surface area contributed by atoms with Gasteiger partial charge in [-0.2, -0.15) is 5.10 Å². The molecule has 1 fully saturated rings. The molecule has 3 rings (SSSR count). The largest absolute Gasteiger partial charge is 0.481 e. The van der Waals surface area contributed by atoms with Crippen LogP contribution in [0, 0.1) is 5.92 Å². The Morgan fingerprint density at radius 2 is 2.33 bits per heavy atom. The van der Waals surface area contributed by atoms with Gasteiger partial charge in [-0.05, 0) is 25.0 Å². The molecule has 0 bridgehead atoms. The number of hydrogen-bond acceptors (Lipinski definition) is 4. The number of amides is 1. The van der Waals surface area contributed by atoms with E-state index in [4.69, 9.17) is 9.52 Å². The molecule has 1 saturated heterocycles. The Labute approximate surface area is 120 Å². The summed E-state index contributed by atoms with van der Waals surface area (Å²) in [5, 5.41) is 15.8. The van der Waals surface area contributed by atoms with Crippen molar-refractivity contribution in [1.82, 2.24) is 15.1 Å². The molecule has 2 aromatic heterocycles. The molecule has 21 heavy (non-hydrogen) atoms. The van der Waals surface area contributed by atoms with Crippen molar-refractivity contribution in [2.75, 3.05) is 13.1 Å². The number of rotatable bonds is 3. The molecule has 0 spiro atoms. The van der Waals surface area contributed by atoms with Crippen LogP contribution in [-0.2, 0) is 4.79 Å². The fourth-order valence-corrected chi connectivity index (χ4v) is 2.51. The number of likely N-dealkylation sites (tertiary alicyclic amines) is 1. The van der Waals surface area contributed by atoms with Crippen LogP contribution in [0.5, 0.6) is 0 Å². The van der Waals surface area contributed by atoms with Crippen molar-refractivity contribution in [1.29, 1.82) is 0 Å². The van der Waals surface area contributed by atoms with Crippen LogP contribution in [0.1, 0.15) is 23.3 Å². The smallest absolute Gasteiger partial charge is 0.308 e. The SMILES string of the molecule is O=C(O)C1CCCN(C(=O)c2cc(-c3ccco3)[nH]n2)C1. The molecule has 110 valence electrons. The van der Waals surface area contributed by atoms with E-state index in [1.165, 1.54) is 0 Å². The van der Waals surface area contributed by atoms with Gasteiger partial charge >= 0.3 is 5.97 Å². The average molecular weight is 289 g/mol. The molecule has 0 saturated carbocycles. The van der Waals surface area contributed by atoms with Gasteiger partial charge in [0.05, 0.1) is 12.2 Å². The predicted octanol–water partition coefficient (Wildman–Crippen LogP) is 1.61. The van der Waals surface area contributed by atoms with Crippen molar-refractivity contribution in [3.8, 4) is 11.5 Å². The summed E-state index contributed by atoms with van der Waals surface area (Å²) in [6.45, 7) is 0.794. The van der Waals surface area contributed by atoms with Crippen molar-refractivity contribution >= 4 is 11.9 Å². The first kappa shape index (κ1) is 13.4. The van der Waals surface area contributed by atoms with E-state index in [0.717, 1.165) is 0 Å². The Bertz CT molecular complexity index is 647. The van der Waals surface area contributed by atoms with Gasteiger partial charge in [0.1, 0.15) is 5.69 Å². The maximum atomic E-state index is 12.4. The number of aliphatic carboxylic acids is 1. The van der Waals surface area contributed by atoms with Crippen LogP contribution < -0.4 is 0 Å². The van der Waals surface area contributed by atoms with Gasteiger partial charge in [-0.3, -0.25) is 14.7 Å². The fraction of sp³-hybridized carbons (Fsp3) is 0.357. The second-order valence-electron chi connectivity index (χ2n) is 5.07. The maximum Gasteiger partial charge on any atom is 0.308 e. The van der Waals surface area contributed by atoms with Gasteiger partial charge < -0.3 is 14.4 Å². The van der Waals surface area contributed by atoms with Gasteiger partial charge in [0.2, 0.25) is 0 Å². The van der Waals surface area contributed by atoms with Gasteiger partial charge in [0.25, 0.3) is 5.91 Å². The third kappa shape index (κ3) is 2.67. The molecule has 3 heterocycles. The summed E-state index contributed by atoms with van der Waals surface area (Å²) in [7, 11) is 0. The summed E-state index contributed by atoms with van der Waals surface area (Å²) in [6, 6.07) is 5.13. The molecule has 1 aliphatic heterocycles. The zero-order valence-electron chi connectivity index (χ0n) is 11.3. The monoisotopic (exact) mass is 289 g/mol. The number of nitrogens with zero attached hydrogens (tertiary/aromatic N) is 2. The summed E-state index contributed by atoms with van der Waals surface area (Å²) in [5.74, 6) is -1.00. The van der Waals surface area contributed by atoms with E-state index in [1.54, 1.807) is 29.4 Å². The van der Waals surface area contributed by atoms with E-state index < -0.39 is 11.9 Å². The summed E-state index contributed by atoms with van der Waals surface area (Å²) >= 11 is 0. The van der Waals surface area contributed by atoms with Crippen molar-refractivity contribution in [2.45, 2.75) is 12.8 Å². The lowest BCUT2D eigenvalue weighted by Gasteiger charge is -2.30. The summed E-state index contributed by atoms with van der Waals surface area (Å²) < 4.78 is 5.23. The lowest BCUT2D eigenvalue weighted by Crippen LogP contribution is -2.42. The Morgan fingerprint density at radius 3 is 3.05 bits per heavy atom. The molecular weight excluding hydrogens is 274 g/mol. The van der Waals surface area contributed by atoms with Crippen LogP contribution in [0.15, 0.2) is 28.9 Å². The molecule has 0 aliphatic carbocycles. The molecular formula is C14H15N3O4. The van der Waals surface area contributed by atoms with Crippen LogP contribution >= 0.6 is 0 Å². The van der Waals surface area contributed by atoms with Crippen molar-refractivity contribution < 1.29 is 19.1 Å². The fourth-order valence-electron chi connectivity index (χ4n) is 2.51. The molecule has 2 aromatic rings. The van der Waals surface area contributed by atoms with Crippen molar-refractivity contribution in [3.63, 3.8) is 0 Å². The van der Waals surface area contributed by atoms with Crippen LogP contribution in [0.3, 0.4) is 0 Å². The zero-order chi connectivity index (χ0) is 14.8. The molecule has 1 aliphatic rings. The molecule has 0 radical (unpaired) electrons. The van der Waals surface area contributed by atoms with E-state index in [9.17, 15) is 9.59 Å². The second kappa shape index (κ2) is 5.43. The maximum absolute atomic E-state index is 12.4. The molecule has 1 amide bonds. The van der Waals surface area contributed by atoms with Gasteiger partial charge in [-0.25, -0.2) is 0 Å². The predicted molar refractivity (Wildman–Crippen MR) is 72.6 cm³/mol. The Hall–Kier alpha value is -2.57. The lowest BCUT2D eigenvalue weighted by molar-refractivity contribution is -0.143. The molecule has 7 heteroatoms. The number of furan rings is 1. The number of carboxylic acids is 1. The highest BCUT2D eigenvalue weighted by molar-refractivity contribution is 5.93. The van der Waals surface area contributed by atoms with Crippen LogP contribution in [0.2, 0.25) is 0 Å². The average Bonchev–Trinajstić information content (AvgIpc) is 3.17. The number of carboxylic acid groups (broad SMARTS) is 1. The number of aromatic amines is 1. The van der Waals surface area contributed by atoms with Gasteiger partial charge in [0, 0.05) is 19.2 Å². The van der Waals surface area contributed by atoms with E-state index in [2.05, 4.69) is 10.2 Å². The Kier molecular flexibility index (Phi) is 3.47. The quantitative estimate of drug-likeness (QED) is 0.894. The van der Waals surface area contributed by atoms with E-state index in [1.807, 2.05) is 0 Å². The van der Waals surface area contributed by atoms with Crippen molar-refractivity contribution in [2.24, 2.45) is 5.92 Å². The van der Waals surface area contributed by atoms with Gasteiger partial charge in [-0.1, -0.05) is 0 Å². The van der Waals surface area contributed by atoms with E-state index in [0.29, 0.717) is 30.8 Å². The highest BCUT2D eigenvalue weighted by atomic mass is 16.4. The number of carbonyl (C=O) groups excluding carboxylic acids is 1. The third-order valence-corrected chi connectivity index (χ3v) is 3.64. The highest BCUT2D eigenvalue weighted by Crippen LogP contribution is 2.21. The Balaban J connectivity index is 1.74. The summed E-state index contributed by atoms with van der Waals surface area (Å²) in [4.78, 5) is 25.0. The number of aromatic nitrogens is 2. The molecule has 2 N–H and O–H groups in total. The second-order valence-corrected chi connectivity index (χ2v) is 5.07. The Morgan fingerprint density at radius 1 is 1.48 bits per heavy atom. The number of H-pyrrole nitrogens is 1. The lowest BCUT2D eigenvalue weighted by atomic mass is 9.98. The minimum atomic E-state index is -0.856. The van der Waals surface area contributed by atoms with Crippen molar-refractivity contribution in [3.05, 3.63) is 30.2 Å². The van der Waals surface area contributed by atoms with E-state index in [-0.39, 0.29) is 18.1 Å². The minimum Gasteiger partial charge on any atom is -0.481 e. The normalized spacial score (nSPS) is 18.7.